The van der Waals surface area contributed by atoms with Gasteiger partial charge < -0.3 is 15.0 Å². The van der Waals surface area contributed by atoms with Crippen LogP contribution in [0.25, 0.3) is 0 Å². The lowest BCUT2D eigenvalue weighted by molar-refractivity contribution is -0.140. The van der Waals surface area contributed by atoms with Crippen molar-refractivity contribution in [3.8, 4) is 5.75 Å². The highest BCUT2D eigenvalue weighted by Crippen LogP contribution is 2.27. The fraction of sp³-hybridized carbons (Fsp3) is 0.333. The molecule has 0 radical (unpaired) electrons. The van der Waals surface area contributed by atoms with Crippen molar-refractivity contribution in [1.29, 1.82) is 0 Å². The number of benzene rings is 3. The third kappa shape index (κ3) is 7.99. The summed E-state index contributed by atoms with van der Waals surface area (Å²) in [7, 11) is -2.60. The summed E-state index contributed by atoms with van der Waals surface area (Å²) >= 11 is 6.21. The number of nitrogens with zero attached hydrogens (tertiary/aromatic N) is 2. The standard InChI is InChI=1S/C30H36ClN3O5S/c1-4-6-18-32-30(36)28(5-2)33(21-23-12-10-15-26(19-23)39-3)29(35)22-34(25-14-11-13-24(31)20-25)40(37,38)27-16-8-7-9-17-27/h7-17,19-20,28H,4-6,18,21-22H2,1-3H3,(H,32,36)/t28-/m1/s1. The third-order valence-corrected chi connectivity index (χ3v) is 8.43. The number of ether oxygens (including phenoxy) is 1. The number of halogens is 1. The molecule has 0 saturated carbocycles. The van der Waals surface area contributed by atoms with E-state index in [1.807, 2.05) is 19.9 Å². The molecule has 10 heteroatoms. The first kappa shape index (κ1) is 31.0. The van der Waals surface area contributed by atoms with Gasteiger partial charge in [-0.1, -0.05) is 68.3 Å². The average Bonchev–Trinajstić information content (AvgIpc) is 2.96. The number of methoxy groups -OCH3 is 1. The van der Waals surface area contributed by atoms with Crippen molar-refractivity contribution in [2.24, 2.45) is 0 Å². The van der Waals surface area contributed by atoms with E-state index in [2.05, 4.69) is 5.32 Å². The summed E-state index contributed by atoms with van der Waals surface area (Å²) in [5.74, 6) is -0.204. The topological polar surface area (TPSA) is 96.0 Å². The average molecular weight is 586 g/mol. The summed E-state index contributed by atoms with van der Waals surface area (Å²) in [4.78, 5) is 28.8. The smallest absolute Gasteiger partial charge is 0.264 e. The molecular formula is C30H36ClN3O5S. The summed E-state index contributed by atoms with van der Waals surface area (Å²) < 4.78 is 34.0. The second-order valence-electron chi connectivity index (χ2n) is 9.25. The van der Waals surface area contributed by atoms with E-state index in [0.717, 1.165) is 22.7 Å². The molecule has 0 fully saturated rings. The lowest BCUT2D eigenvalue weighted by atomic mass is 10.1. The Morgan fingerprint density at radius 2 is 1.70 bits per heavy atom. The van der Waals surface area contributed by atoms with Gasteiger partial charge in [0.15, 0.2) is 0 Å². The van der Waals surface area contributed by atoms with Gasteiger partial charge in [-0.2, -0.15) is 0 Å². The minimum atomic E-state index is -4.15. The molecule has 0 heterocycles. The predicted octanol–water partition coefficient (Wildman–Crippen LogP) is 5.27. The maximum atomic E-state index is 14.1. The number of carbonyl (C=O) groups excluding carboxylic acids is 2. The highest BCUT2D eigenvalue weighted by molar-refractivity contribution is 7.92. The van der Waals surface area contributed by atoms with Gasteiger partial charge in [-0.25, -0.2) is 8.42 Å². The molecule has 0 aliphatic heterocycles. The van der Waals surface area contributed by atoms with E-state index in [1.165, 1.54) is 23.1 Å². The van der Waals surface area contributed by atoms with Crippen LogP contribution in [0, 0.1) is 0 Å². The van der Waals surface area contributed by atoms with Crippen LogP contribution < -0.4 is 14.4 Å². The molecule has 3 aromatic rings. The molecule has 0 spiro atoms. The van der Waals surface area contributed by atoms with Crippen molar-refractivity contribution in [2.75, 3.05) is 24.5 Å². The van der Waals surface area contributed by atoms with Crippen LogP contribution in [0.1, 0.15) is 38.7 Å². The van der Waals surface area contributed by atoms with Gasteiger partial charge in [-0.15, -0.1) is 0 Å². The Bertz CT molecular complexity index is 1380. The highest BCUT2D eigenvalue weighted by atomic mass is 35.5. The zero-order chi connectivity index (χ0) is 29.1. The van der Waals surface area contributed by atoms with Gasteiger partial charge in [0.1, 0.15) is 18.3 Å². The van der Waals surface area contributed by atoms with Gasteiger partial charge in [0, 0.05) is 18.1 Å². The van der Waals surface area contributed by atoms with Crippen LogP contribution in [0.4, 0.5) is 5.69 Å². The first-order valence-corrected chi connectivity index (χ1v) is 15.1. The van der Waals surface area contributed by atoms with Crippen molar-refractivity contribution in [3.05, 3.63) is 89.4 Å². The molecule has 214 valence electrons. The van der Waals surface area contributed by atoms with E-state index in [1.54, 1.807) is 61.7 Å². The van der Waals surface area contributed by atoms with Crippen molar-refractivity contribution in [2.45, 2.75) is 50.6 Å². The van der Waals surface area contributed by atoms with Gasteiger partial charge in [0.2, 0.25) is 11.8 Å². The highest BCUT2D eigenvalue weighted by Gasteiger charge is 2.33. The maximum Gasteiger partial charge on any atom is 0.264 e. The predicted molar refractivity (Wildman–Crippen MR) is 158 cm³/mol. The Labute approximate surface area is 241 Å². The van der Waals surface area contributed by atoms with Crippen LogP contribution in [0.2, 0.25) is 5.02 Å². The number of rotatable bonds is 14. The zero-order valence-corrected chi connectivity index (χ0v) is 24.6. The number of amides is 2. The molecule has 2 amide bonds. The van der Waals surface area contributed by atoms with Gasteiger partial charge in [-0.3, -0.25) is 13.9 Å². The minimum Gasteiger partial charge on any atom is -0.497 e. The fourth-order valence-electron chi connectivity index (χ4n) is 4.27. The first-order valence-electron chi connectivity index (χ1n) is 13.2. The van der Waals surface area contributed by atoms with Crippen molar-refractivity contribution >= 4 is 39.1 Å². The lowest BCUT2D eigenvalue weighted by Gasteiger charge is -2.33. The lowest BCUT2D eigenvalue weighted by Crippen LogP contribution is -2.52. The van der Waals surface area contributed by atoms with E-state index in [0.29, 0.717) is 23.7 Å². The molecule has 0 aliphatic carbocycles. The summed E-state index contributed by atoms with van der Waals surface area (Å²) in [5, 5.41) is 3.25. The summed E-state index contributed by atoms with van der Waals surface area (Å²) in [6.45, 7) is 3.90. The van der Waals surface area contributed by atoms with Crippen LogP contribution in [-0.4, -0.2) is 51.4 Å². The largest absolute Gasteiger partial charge is 0.497 e. The number of hydrogen-bond donors (Lipinski definition) is 1. The monoisotopic (exact) mass is 585 g/mol. The molecule has 40 heavy (non-hydrogen) atoms. The maximum absolute atomic E-state index is 14.1. The van der Waals surface area contributed by atoms with E-state index >= 15 is 0 Å². The quantitative estimate of drug-likeness (QED) is 0.260. The second kappa shape index (κ2) is 14.7. The molecule has 0 saturated heterocycles. The molecule has 0 bridgehead atoms. The summed E-state index contributed by atoms with van der Waals surface area (Å²) in [6, 6.07) is 20.6. The van der Waals surface area contributed by atoms with Crippen LogP contribution in [0.15, 0.2) is 83.8 Å². The Balaban J connectivity index is 2.03. The Morgan fingerprint density at radius 3 is 2.35 bits per heavy atom. The molecule has 8 nitrogen and oxygen atoms in total. The first-order chi connectivity index (χ1) is 19.2. The van der Waals surface area contributed by atoms with Gasteiger partial charge >= 0.3 is 0 Å². The number of hydrogen-bond acceptors (Lipinski definition) is 5. The molecule has 1 N–H and O–H groups in total. The number of unbranched alkanes of at least 4 members (excludes halogenated alkanes) is 1. The number of nitrogens with one attached hydrogen (secondary N) is 1. The third-order valence-electron chi connectivity index (χ3n) is 6.41. The van der Waals surface area contributed by atoms with Gasteiger partial charge in [0.05, 0.1) is 17.7 Å². The number of anilines is 1. The summed E-state index contributed by atoms with van der Waals surface area (Å²) in [5.41, 5.74) is 0.985. The van der Waals surface area contributed by atoms with Gasteiger partial charge in [0.25, 0.3) is 10.0 Å². The normalized spacial score (nSPS) is 11.9. The zero-order valence-electron chi connectivity index (χ0n) is 23.0. The van der Waals surface area contributed by atoms with Crippen LogP contribution in [0.5, 0.6) is 5.75 Å². The Morgan fingerprint density at radius 1 is 0.975 bits per heavy atom. The van der Waals surface area contributed by atoms with Crippen molar-refractivity contribution < 1.29 is 22.7 Å². The Kier molecular flexibility index (Phi) is 11.4. The van der Waals surface area contributed by atoms with Gasteiger partial charge in [-0.05, 0) is 60.9 Å². The molecule has 0 aliphatic rings. The summed E-state index contributed by atoms with van der Waals surface area (Å²) in [6.07, 6.45) is 2.07. The van der Waals surface area contributed by atoms with Crippen molar-refractivity contribution in [1.82, 2.24) is 10.2 Å². The van der Waals surface area contributed by atoms with E-state index in [9.17, 15) is 18.0 Å². The molecule has 1 atom stereocenters. The number of carbonyl (C=O) groups is 2. The SMILES string of the molecule is CCCCNC(=O)[C@@H](CC)N(Cc1cccc(OC)c1)C(=O)CN(c1cccc(Cl)c1)S(=O)(=O)c1ccccc1. The second-order valence-corrected chi connectivity index (χ2v) is 11.5. The van der Waals surface area contributed by atoms with Crippen molar-refractivity contribution in [3.63, 3.8) is 0 Å². The Hall–Kier alpha value is -3.56. The molecule has 3 aromatic carbocycles. The van der Waals surface area contributed by atoms with E-state index in [-0.39, 0.29) is 23.0 Å². The molecular weight excluding hydrogens is 550 g/mol. The molecule has 0 aromatic heterocycles. The van der Waals surface area contributed by atoms with E-state index in [4.69, 9.17) is 16.3 Å². The van der Waals surface area contributed by atoms with Crippen LogP contribution >= 0.6 is 11.6 Å². The molecule has 0 unspecified atom stereocenters. The fourth-order valence-corrected chi connectivity index (χ4v) is 5.88. The molecule has 3 rings (SSSR count). The van der Waals surface area contributed by atoms with E-state index < -0.39 is 28.5 Å². The number of sulfonamides is 1. The van der Waals surface area contributed by atoms with Crippen LogP contribution in [-0.2, 0) is 26.2 Å². The minimum absolute atomic E-state index is 0.0338. The van der Waals surface area contributed by atoms with Crippen LogP contribution in [0.3, 0.4) is 0 Å².